The Bertz CT molecular complexity index is 744. The first-order chi connectivity index (χ1) is 10.3. The van der Waals surface area contributed by atoms with Crippen molar-refractivity contribution in [2.45, 2.75) is 6.42 Å². The number of aromatic amines is 1. The second-order valence-corrected chi connectivity index (χ2v) is 6.47. The van der Waals surface area contributed by atoms with E-state index in [9.17, 15) is 4.79 Å². The number of carbonyl (C=O) groups excluding carboxylic acids is 1. The Balaban J connectivity index is 1.46. The van der Waals surface area contributed by atoms with Crippen LogP contribution in [0.5, 0.6) is 0 Å². The number of rotatable bonds is 1. The Morgan fingerprint density at radius 2 is 2.00 bits per heavy atom. The van der Waals surface area contributed by atoms with Crippen molar-refractivity contribution in [1.82, 2.24) is 19.9 Å². The molecule has 106 valence electrons. The predicted molar refractivity (Wildman–Crippen MR) is 77.5 cm³/mol. The Morgan fingerprint density at radius 3 is 2.76 bits per heavy atom. The van der Waals surface area contributed by atoms with E-state index in [-0.39, 0.29) is 5.91 Å². The molecular formula is C16H16N4O. The number of hydrogen-bond donors (Lipinski definition) is 1. The van der Waals surface area contributed by atoms with Crippen LogP contribution in [0.1, 0.15) is 16.8 Å². The van der Waals surface area contributed by atoms with Gasteiger partial charge < -0.3 is 9.88 Å². The first kappa shape index (κ1) is 11.5. The van der Waals surface area contributed by atoms with Crippen molar-refractivity contribution in [1.29, 1.82) is 0 Å². The molecule has 1 N–H and O–H groups in total. The summed E-state index contributed by atoms with van der Waals surface area (Å²) in [6.07, 6.45) is 11.0. The van der Waals surface area contributed by atoms with Crippen LogP contribution in [0.25, 0.3) is 11.0 Å². The third-order valence-electron chi connectivity index (χ3n) is 5.54. The van der Waals surface area contributed by atoms with Crippen LogP contribution >= 0.6 is 0 Å². The Hall–Kier alpha value is -2.17. The van der Waals surface area contributed by atoms with Crippen LogP contribution in [0.2, 0.25) is 0 Å². The second kappa shape index (κ2) is 3.93. The van der Waals surface area contributed by atoms with Crippen molar-refractivity contribution in [3.05, 3.63) is 36.4 Å². The fourth-order valence-electron chi connectivity index (χ4n) is 4.53. The normalized spacial score (nSPS) is 33.0. The van der Waals surface area contributed by atoms with E-state index in [0.717, 1.165) is 24.1 Å². The maximum absolute atomic E-state index is 12.8. The van der Waals surface area contributed by atoms with Crippen LogP contribution in [0.4, 0.5) is 0 Å². The second-order valence-electron chi connectivity index (χ2n) is 6.47. The van der Waals surface area contributed by atoms with Crippen molar-refractivity contribution in [2.75, 3.05) is 13.1 Å². The van der Waals surface area contributed by atoms with E-state index in [2.05, 4.69) is 27.1 Å². The monoisotopic (exact) mass is 280 g/mol. The summed E-state index contributed by atoms with van der Waals surface area (Å²) in [5.74, 6) is 2.86. The van der Waals surface area contributed by atoms with E-state index >= 15 is 0 Å². The maximum Gasteiger partial charge on any atom is 0.256 e. The van der Waals surface area contributed by atoms with Gasteiger partial charge in [-0.25, -0.2) is 9.97 Å². The van der Waals surface area contributed by atoms with Gasteiger partial charge in [0.15, 0.2) is 0 Å². The van der Waals surface area contributed by atoms with Crippen LogP contribution in [-0.4, -0.2) is 38.8 Å². The zero-order chi connectivity index (χ0) is 14.0. The van der Waals surface area contributed by atoms with E-state index in [1.54, 1.807) is 12.4 Å². The Kier molecular flexibility index (Phi) is 2.15. The molecule has 2 fully saturated rings. The topological polar surface area (TPSA) is 61.9 Å². The lowest BCUT2D eigenvalue weighted by molar-refractivity contribution is 0.0779. The number of amides is 1. The molecule has 2 aliphatic carbocycles. The van der Waals surface area contributed by atoms with Crippen molar-refractivity contribution < 1.29 is 4.79 Å². The van der Waals surface area contributed by atoms with Gasteiger partial charge in [-0.3, -0.25) is 4.79 Å². The average molecular weight is 280 g/mol. The summed E-state index contributed by atoms with van der Waals surface area (Å²) in [5.41, 5.74) is 1.43. The zero-order valence-corrected chi connectivity index (χ0v) is 11.6. The summed E-state index contributed by atoms with van der Waals surface area (Å²) in [6.45, 7) is 1.80. The number of nitrogens with one attached hydrogen (secondary N) is 1. The van der Waals surface area contributed by atoms with Gasteiger partial charge in [-0.05, 0) is 30.1 Å². The van der Waals surface area contributed by atoms with Gasteiger partial charge in [-0.1, -0.05) is 12.2 Å². The summed E-state index contributed by atoms with van der Waals surface area (Å²) in [4.78, 5) is 26.1. The van der Waals surface area contributed by atoms with E-state index in [4.69, 9.17) is 0 Å². The lowest BCUT2D eigenvalue weighted by atomic mass is 9.86. The Morgan fingerprint density at radius 1 is 1.24 bits per heavy atom. The molecule has 2 aromatic rings. The van der Waals surface area contributed by atoms with E-state index in [0.29, 0.717) is 29.2 Å². The van der Waals surface area contributed by atoms with Crippen LogP contribution in [0.15, 0.2) is 30.9 Å². The number of aromatic nitrogens is 3. The van der Waals surface area contributed by atoms with Crippen molar-refractivity contribution >= 4 is 16.9 Å². The number of H-pyrrole nitrogens is 1. The number of fused-ring (bicyclic) bond motifs is 6. The molecule has 1 saturated heterocycles. The van der Waals surface area contributed by atoms with Gasteiger partial charge in [0.25, 0.3) is 5.91 Å². The molecule has 1 saturated carbocycles. The fraction of sp³-hybridized carbons (Fsp3) is 0.438. The van der Waals surface area contributed by atoms with Crippen LogP contribution in [0.3, 0.4) is 0 Å². The number of hydrogen-bond acceptors (Lipinski definition) is 3. The largest absolute Gasteiger partial charge is 0.345 e. The molecule has 2 bridgehead atoms. The highest BCUT2D eigenvalue weighted by atomic mass is 16.2. The minimum atomic E-state index is 0.116. The summed E-state index contributed by atoms with van der Waals surface area (Å²) < 4.78 is 0. The van der Waals surface area contributed by atoms with Gasteiger partial charge in [-0.15, -0.1) is 0 Å². The van der Waals surface area contributed by atoms with E-state index < -0.39 is 0 Å². The molecule has 5 rings (SSSR count). The van der Waals surface area contributed by atoms with Gasteiger partial charge >= 0.3 is 0 Å². The molecule has 4 atom stereocenters. The molecule has 1 aliphatic heterocycles. The third-order valence-corrected chi connectivity index (χ3v) is 5.54. The summed E-state index contributed by atoms with van der Waals surface area (Å²) in [6, 6.07) is 0. The number of allylic oxidation sites excluding steroid dienone is 2. The van der Waals surface area contributed by atoms with Gasteiger partial charge in [0.1, 0.15) is 12.0 Å². The molecule has 5 heteroatoms. The molecule has 1 amide bonds. The Labute approximate surface area is 122 Å². The average Bonchev–Trinajstić information content (AvgIpc) is 3.25. The van der Waals surface area contributed by atoms with Gasteiger partial charge in [0.2, 0.25) is 0 Å². The smallest absolute Gasteiger partial charge is 0.256 e. The lowest BCUT2D eigenvalue weighted by Gasteiger charge is -2.18. The molecule has 21 heavy (non-hydrogen) atoms. The van der Waals surface area contributed by atoms with Gasteiger partial charge in [-0.2, -0.15) is 0 Å². The minimum Gasteiger partial charge on any atom is -0.345 e. The van der Waals surface area contributed by atoms with E-state index in [1.807, 2.05) is 4.90 Å². The number of carbonyl (C=O) groups is 1. The highest BCUT2D eigenvalue weighted by Gasteiger charge is 2.50. The maximum atomic E-state index is 12.8. The molecule has 3 heterocycles. The molecular weight excluding hydrogens is 264 g/mol. The summed E-state index contributed by atoms with van der Waals surface area (Å²) >= 11 is 0. The fourth-order valence-corrected chi connectivity index (χ4v) is 4.53. The predicted octanol–water partition coefficient (Wildman–Crippen LogP) is 1.85. The van der Waals surface area contributed by atoms with Gasteiger partial charge in [0, 0.05) is 30.9 Å². The molecule has 5 nitrogen and oxygen atoms in total. The molecule has 0 spiro atoms. The molecule has 2 unspecified atom stereocenters. The lowest BCUT2D eigenvalue weighted by Crippen LogP contribution is -2.30. The number of likely N-dealkylation sites (tertiary alicyclic amines) is 1. The summed E-state index contributed by atoms with van der Waals surface area (Å²) in [7, 11) is 0. The van der Waals surface area contributed by atoms with E-state index in [1.165, 1.54) is 12.7 Å². The highest BCUT2D eigenvalue weighted by Crippen LogP contribution is 2.51. The first-order valence-corrected chi connectivity index (χ1v) is 7.56. The minimum absolute atomic E-state index is 0.116. The molecule has 0 radical (unpaired) electrons. The van der Waals surface area contributed by atoms with Crippen LogP contribution in [-0.2, 0) is 0 Å². The molecule has 2 aromatic heterocycles. The highest BCUT2D eigenvalue weighted by molar-refractivity contribution is 6.05. The molecule has 0 aromatic carbocycles. The van der Waals surface area contributed by atoms with Crippen molar-refractivity contribution in [3.63, 3.8) is 0 Å². The molecule has 3 aliphatic rings. The quantitative estimate of drug-likeness (QED) is 0.811. The van der Waals surface area contributed by atoms with Crippen LogP contribution < -0.4 is 0 Å². The van der Waals surface area contributed by atoms with Crippen molar-refractivity contribution in [2.24, 2.45) is 23.7 Å². The first-order valence-electron chi connectivity index (χ1n) is 7.56. The van der Waals surface area contributed by atoms with Gasteiger partial charge in [0.05, 0.1) is 5.56 Å². The van der Waals surface area contributed by atoms with Crippen LogP contribution in [0, 0.1) is 23.7 Å². The van der Waals surface area contributed by atoms with Crippen molar-refractivity contribution in [3.8, 4) is 0 Å². The SMILES string of the molecule is O=C(c1c[nH]c2ncncc12)N1C[C@@H]2C3C=CC(C3)[C@@H]2C1. The standard InChI is InChI=1S/C16H16N4O/c21-16(12-5-18-15-11(12)4-17-8-19-15)20-6-13-9-1-2-10(3-9)14(13)7-20/h1-2,4-5,8-10,13-14H,3,6-7H2,(H,17,18,19)/t9?,10?,13-,14+. The zero-order valence-electron chi connectivity index (χ0n) is 11.6. The third kappa shape index (κ3) is 1.49. The summed E-state index contributed by atoms with van der Waals surface area (Å²) in [5, 5.41) is 0.820. The number of nitrogens with zero attached hydrogens (tertiary/aromatic N) is 3.